The average Bonchev–Trinajstić information content (AvgIpc) is 2.57. The third-order valence-corrected chi connectivity index (χ3v) is 5.26. The SMILES string of the molecule is Cc1ccsc1CNC(=O)[C@@]1(C)CC1(Cl)Cl. The Kier molecular flexibility index (Phi) is 2.97. The van der Waals surface area contributed by atoms with Crippen LogP contribution in [0.5, 0.6) is 0 Å². The number of hydrogen-bond acceptors (Lipinski definition) is 2. The summed E-state index contributed by atoms with van der Waals surface area (Å²) in [6, 6.07) is 2.04. The van der Waals surface area contributed by atoms with Gasteiger partial charge in [-0.2, -0.15) is 0 Å². The van der Waals surface area contributed by atoms with Gasteiger partial charge in [0.25, 0.3) is 0 Å². The van der Waals surface area contributed by atoms with Crippen LogP contribution in [-0.2, 0) is 11.3 Å². The van der Waals surface area contributed by atoms with Crippen molar-refractivity contribution in [3.63, 3.8) is 0 Å². The number of thiophene rings is 1. The molecular formula is C11H13Cl2NOS. The molecular weight excluding hydrogens is 265 g/mol. The molecule has 2 rings (SSSR count). The maximum atomic E-state index is 11.9. The van der Waals surface area contributed by atoms with Crippen molar-refractivity contribution in [2.24, 2.45) is 5.41 Å². The number of carbonyl (C=O) groups excluding carboxylic acids is 1. The number of halogens is 2. The molecule has 5 heteroatoms. The molecule has 1 aliphatic carbocycles. The summed E-state index contributed by atoms with van der Waals surface area (Å²) in [4.78, 5) is 13.0. The minimum atomic E-state index is -0.887. The predicted molar refractivity (Wildman–Crippen MR) is 68.1 cm³/mol. The fourth-order valence-corrected chi connectivity index (χ4v) is 3.14. The van der Waals surface area contributed by atoms with Crippen LogP contribution in [0.1, 0.15) is 23.8 Å². The van der Waals surface area contributed by atoms with Gasteiger partial charge in [-0.1, -0.05) is 0 Å². The standard InChI is InChI=1S/C11H13Cl2NOS/c1-7-3-4-16-8(7)5-14-9(15)10(2)6-11(10,12)13/h3-4H,5-6H2,1-2H3,(H,14,15)/t10-/m1/s1. The van der Waals surface area contributed by atoms with Gasteiger partial charge in [-0.15, -0.1) is 34.5 Å². The maximum Gasteiger partial charge on any atom is 0.229 e. The second kappa shape index (κ2) is 3.90. The Balaban J connectivity index is 1.93. The number of carbonyl (C=O) groups is 1. The van der Waals surface area contributed by atoms with Crippen LogP contribution in [-0.4, -0.2) is 10.2 Å². The third-order valence-electron chi connectivity index (χ3n) is 3.14. The molecule has 1 N–H and O–H groups in total. The fourth-order valence-electron chi connectivity index (χ4n) is 1.59. The molecule has 1 atom stereocenters. The molecule has 2 nitrogen and oxygen atoms in total. The zero-order valence-electron chi connectivity index (χ0n) is 9.14. The number of rotatable bonds is 3. The van der Waals surface area contributed by atoms with E-state index in [1.807, 2.05) is 18.4 Å². The van der Waals surface area contributed by atoms with E-state index >= 15 is 0 Å². The van der Waals surface area contributed by atoms with E-state index in [2.05, 4.69) is 5.32 Å². The highest BCUT2D eigenvalue weighted by molar-refractivity contribution is 7.10. The van der Waals surface area contributed by atoms with Crippen LogP contribution in [0.2, 0.25) is 0 Å². The van der Waals surface area contributed by atoms with E-state index in [0.29, 0.717) is 13.0 Å². The highest BCUT2D eigenvalue weighted by Crippen LogP contribution is 2.63. The van der Waals surface area contributed by atoms with E-state index in [4.69, 9.17) is 23.2 Å². The molecule has 1 aromatic rings. The van der Waals surface area contributed by atoms with Crippen LogP contribution < -0.4 is 5.32 Å². The molecule has 88 valence electrons. The number of nitrogens with one attached hydrogen (secondary N) is 1. The molecule has 0 spiro atoms. The fraction of sp³-hybridized carbons (Fsp3) is 0.545. The van der Waals surface area contributed by atoms with Crippen LogP contribution >= 0.6 is 34.5 Å². The van der Waals surface area contributed by atoms with Crippen molar-refractivity contribution >= 4 is 40.4 Å². The molecule has 0 bridgehead atoms. The first kappa shape index (κ1) is 12.2. The molecule has 1 saturated carbocycles. The van der Waals surface area contributed by atoms with E-state index in [1.54, 1.807) is 18.3 Å². The molecule has 0 unspecified atom stereocenters. The second-order valence-corrected chi connectivity index (χ2v) is 6.91. The van der Waals surface area contributed by atoms with Gasteiger partial charge >= 0.3 is 0 Å². The summed E-state index contributed by atoms with van der Waals surface area (Å²) in [7, 11) is 0. The third kappa shape index (κ3) is 1.96. The topological polar surface area (TPSA) is 29.1 Å². The quantitative estimate of drug-likeness (QED) is 0.845. The van der Waals surface area contributed by atoms with E-state index in [1.165, 1.54) is 10.4 Å². The van der Waals surface area contributed by atoms with Gasteiger partial charge in [0.2, 0.25) is 5.91 Å². The van der Waals surface area contributed by atoms with Gasteiger partial charge in [0.05, 0.1) is 12.0 Å². The summed E-state index contributed by atoms with van der Waals surface area (Å²) in [5, 5.41) is 4.90. The smallest absolute Gasteiger partial charge is 0.229 e. The lowest BCUT2D eigenvalue weighted by atomic mass is 10.1. The van der Waals surface area contributed by atoms with Gasteiger partial charge in [0.15, 0.2) is 0 Å². The van der Waals surface area contributed by atoms with Crippen LogP contribution in [0, 0.1) is 12.3 Å². The van der Waals surface area contributed by atoms with Crippen molar-refractivity contribution in [1.29, 1.82) is 0 Å². The van der Waals surface area contributed by atoms with Crippen LogP contribution in [0.3, 0.4) is 0 Å². The lowest BCUT2D eigenvalue weighted by Gasteiger charge is -2.12. The molecule has 16 heavy (non-hydrogen) atoms. The van der Waals surface area contributed by atoms with E-state index < -0.39 is 9.75 Å². The summed E-state index contributed by atoms with van der Waals surface area (Å²) in [5.41, 5.74) is 0.579. The molecule has 1 heterocycles. The number of hydrogen-bond donors (Lipinski definition) is 1. The Bertz CT molecular complexity index is 429. The Labute approximate surface area is 109 Å². The first-order valence-electron chi connectivity index (χ1n) is 5.06. The molecule has 0 aliphatic heterocycles. The van der Waals surface area contributed by atoms with Crippen LogP contribution in [0.4, 0.5) is 0 Å². The van der Waals surface area contributed by atoms with Crippen molar-refractivity contribution in [2.45, 2.75) is 31.1 Å². The van der Waals surface area contributed by atoms with Gasteiger partial charge in [-0.05, 0) is 37.3 Å². The molecule has 0 radical (unpaired) electrons. The lowest BCUT2D eigenvalue weighted by molar-refractivity contribution is -0.125. The largest absolute Gasteiger partial charge is 0.351 e. The van der Waals surface area contributed by atoms with E-state index in [9.17, 15) is 4.79 Å². The number of amides is 1. The summed E-state index contributed by atoms with van der Waals surface area (Å²) >= 11 is 13.5. The van der Waals surface area contributed by atoms with Crippen molar-refractivity contribution in [1.82, 2.24) is 5.32 Å². The molecule has 1 aliphatic rings. The van der Waals surface area contributed by atoms with Gasteiger partial charge < -0.3 is 5.32 Å². The molecule has 0 saturated heterocycles. The van der Waals surface area contributed by atoms with E-state index in [-0.39, 0.29) is 5.91 Å². The first-order chi connectivity index (χ1) is 7.37. The van der Waals surface area contributed by atoms with Crippen LogP contribution in [0.25, 0.3) is 0 Å². The normalized spacial score (nSPS) is 26.5. The molecule has 1 aromatic heterocycles. The first-order valence-corrected chi connectivity index (χ1v) is 6.69. The molecule has 0 aromatic carbocycles. The van der Waals surface area contributed by atoms with Crippen molar-refractivity contribution < 1.29 is 4.79 Å². The second-order valence-electron chi connectivity index (χ2n) is 4.42. The van der Waals surface area contributed by atoms with Crippen LogP contribution in [0.15, 0.2) is 11.4 Å². The Morgan fingerprint density at radius 1 is 1.62 bits per heavy atom. The van der Waals surface area contributed by atoms with Gasteiger partial charge in [-0.3, -0.25) is 4.79 Å². The summed E-state index contributed by atoms with van der Waals surface area (Å²) in [5.74, 6) is -0.0645. The van der Waals surface area contributed by atoms with Gasteiger partial charge in [-0.25, -0.2) is 0 Å². The Hall–Kier alpha value is -0.250. The highest BCUT2D eigenvalue weighted by atomic mass is 35.5. The van der Waals surface area contributed by atoms with E-state index in [0.717, 1.165) is 0 Å². The summed E-state index contributed by atoms with van der Waals surface area (Å²) in [6.45, 7) is 4.38. The zero-order chi connectivity index (χ0) is 12.0. The maximum absolute atomic E-state index is 11.9. The number of aryl methyl sites for hydroxylation is 1. The van der Waals surface area contributed by atoms with Gasteiger partial charge in [0.1, 0.15) is 4.33 Å². The number of alkyl halides is 2. The zero-order valence-corrected chi connectivity index (χ0v) is 11.5. The Morgan fingerprint density at radius 3 is 2.69 bits per heavy atom. The monoisotopic (exact) mass is 277 g/mol. The summed E-state index contributed by atoms with van der Waals surface area (Å²) < 4.78 is -0.887. The average molecular weight is 278 g/mol. The highest BCUT2D eigenvalue weighted by Gasteiger charge is 2.67. The van der Waals surface area contributed by atoms with Crippen molar-refractivity contribution in [3.05, 3.63) is 21.9 Å². The predicted octanol–water partition coefficient (Wildman–Crippen LogP) is 3.26. The minimum Gasteiger partial charge on any atom is -0.351 e. The summed E-state index contributed by atoms with van der Waals surface area (Å²) in [6.07, 6.45) is 0.526. The Morgan fingerprint density at radius 2 is 2.25 bits per heavy atom. The van der Waals surface area contributed by atoms with Gasteiger partial charge in [0, 0.05) is 4.88 Å². The molecule has 1 fully saturated rings. The minimum absolute atomic E-state index is 0.0645. The van der Waals surface area contributed by atoms with Crippen molar-refractivity contribution in [3.8, 4) is 0 Å². The molecule has 1 amide bonds. The van der Waals surface area contributed by atoms with Crippen molar-refractivity contribution in [2.75, 3.05) is 0 Å². The lowest BCUT2D eigenvalue weighted by Crippen LogP contribution is -2.32.